The van der Waals surface area contributed by atoms with Crippen LogP contribution in [0.3, 0.4) is 0 Å². The number of hydrogen-bond donors (Lipinski definition) is 3. The van der Waals surface area contributed by atoms with Crippen LogP contribution in [-0.2, 0) is 4.79 Å². The van der Waals surface area contributed by atoms with E-state index in [9.17, 15) is 15.0 Å². The second-order valence-corrected chi connectivity index (χ2v) is 5.25. The number of aliphatic hydroxyl groups excluding tert-OH is 2. The van der Waals surface area contributed by atoms with Crippen LogP contribution >= 0.6 is 0 Å². The fraction of sp³-hybridized carbons (Fsp3) is 0.917. The summed E-state index contributed by atoms with van der Waals surface area (Å²) in [5.74, 6) is 0.0122. The molecule has 3 unspecified atom stereocenters. The number of nitrogens with zero attached hydrogens (tertiary/aromatic N) is 1. The molecule has 0 bridgehead atoms. The van der Waals surface area contributed by atoms with Gasteiger partial charge in [-0.1, -0.05) is 12.8 Å². The Hall–Kier alpha value is -0.650. The van der Waals surface area contributed by atoms with Gasteiger partial charge in [0.15, 0.2) is 0 Å². The van der Waals surface area contributed by atoms with Crippen LogP contribution in [0.15, 0.2) is 0 Å². The molecule has 0 aromatic heterocycles. The molecule has 17 heavy (non-hydrogen) atoms. The number of aliphatic hydroxyl groups is 2. The molecule has 3 atom stereocenters. The summed E-state index contributed by atoms with van der Waals surface area (Å²) in [6.07, 6.45) is 3.09. The van der Waals surface area contributed by atoms with E-state index < -0.39 is 12.2 Å². The third-order valence-electron chi connectivity index (χ3n) is 3.92. The van der Waals surface area contributed by atoms with Gasteiger partial charge < -0.3 is 15.5 Å². The molecule has 1 saturated heterocycles. The van der Waals surface area contributed by atoms with Crippen molar-refractivity contribution in [2.24, 2.45) is 0 Å². The zero-order valence-corrected chi connectivity index (χ0v) is 10.3. The number of nitrogens with one attached hydrogen (secondary N) is 1. The lowest BCUT2D eigenvalue weighted by atomic mass is 10.2. The van der Waals surface area contributed by atoms with Crippen molar-refractivity contribution in [3.05, 3.63) is 0 Å². The van der Waals surface area contributed by atoms with E-state index in [0.29, 0.717) is 19.1 Å². The van der Waals surface area contributed by atoms with Crippen LogP contribution in [0, 0.1) is 0 Å². The summed E-state index contributed by atoms with van der Waals surface area (Å²) in [6, 6.07) is 0.0461. The first kappa shape index (κ1) is 12.8. The summed E-state index contributed by atoms with van der Waals surface area (Å²) < 4.78 is 0. The molecule has 0 spiro atoms. The van der Waals surface area contributed by atoms with Gasteiger partial charge in [0.2, 0.25) is 5.91 Å². The number of likely N-dealkylation sites (tertiary alicyclic amines) is 1. The first-order valence-corrected chi connectivity index (χ1v) is 6.48. The number of carbonyl (C=O) groups excluding carboxylic acids is 1. The topological polar surface area (TPSA) is 72.8 Å². The average molecular weight is 242 g/mol. The zero-order chi connectivity index (χ0) is 12.4. The summed E-state index contributed by atoms with van der Waals surface area (Å²) in [5, 5.41) is 22.0. The predicted molar refractivity (Wildman–Crippen MR) is 63.4 cm³/mol. The maximum Gasteiger partial charge on any atom is 0.237 e. The minimum atomic E-state index is -0.725. The quantitative estimate of drug-likeness (QED) is 0.622. The first-order valence-electron chi connectivity index (χ1n) is 6.48. The maximum absolute atomic E-state index is 12.0. The fourth-order valence-electron chi connectivity index (χ4n) is 2.67. The standard InChI is InChI=1S/C12H22N2O3/c1-8(14-6-10(15)11(16)7-14)12(17)13-9-4-2-3-5-9/h8-11,15-16H,2-7H2,1H3,(H,13,17). The highest BCUT2D eigenvalue weighted by Gasteiger charge is 2.35. The Bertz CT molecular complexity index is 269. The van der Waals surface area contributed by atoms with E-state index in [1.807, 2.05) is 11.8 Å². The largest absolute Gasteiger partial charge is 0.389 e. The van der Waals surface area contributed by atoms with Gasteiger partial charge in [-0.05, 0) is 19.8 Å². The van der Waals surface area contributed by atoms with Crippen molar-refractivity contribution in [1.29, 1.82) is 0 Å². The van der Waals surface area contributed by atoms with E-state index in [1.165, 1.54) is 12.8 Å². The average Bonchev–Trinajstić information content (AvgIpc) is 2.89. The van der Waals surface area contributed by atoms with Crippen LogP contribution in [0.1, 0.15) is 32.6 Å². The molecule has 2 rings (SSSR count). The summed E-state index contributed by atoms with van der Waals surface area (Å²) >= 11 is 0. The van der Waals surface area contributed by atoms with Crippen LogP contribution in [0.25, 0.3) is 0 Å². The molecule has 1 aliphatic carbocycles. The number of hydrogen-bond acceptors (Lipinski definition) is 4. The third-order valence-corrected chi connectivity index (χ3v) is 3.92. The van der Waals surface area contributed by atoms with Crippen molar-refractivity contribution in [3.63, 3.8) is 0 Å². The van der Waals surface area contributed by atoms with Gasteiger partial charge in [-0.3, -0.25) is 9.69 Å². The van der Waals surface area contributed by atoms with E-state index in [-0.39, 0.29) is 11.9 Å². The van der Waals surface area contributed by atoms with E-state index in [1.54, 1.807) is 0 Å². The molecule has 0 aromatic carbocycles. The zero-order valence-electron chi connectivity index (χ0n) is 10.3. The molecule has 98 valence electrons. The number of carbonyl (C=O) groups is 1. The summed E-state index contributed by atoms with van der Waals surface area (Å²) in [5.41, 5.74) is 0. The summed E-state index contributed by atoms with van der Waals surface area (Å²) in [4.78, 5) is 13.8. The van der Waals surface area contributed by atoms with Gasteiger partial charge >= 0.3 is 0 Å². The van der Waals surface area contributed by atoms with Crippen molar-refractivity contribution in [2.75, 3.05) is 13.1 Å². The Morgan fingerprint density at radius 1 is 1.24 bits per heavy atom. The van der Waals surface area contributed by atoms with Gasteiger partial charge in [0.05, 0.1) is 18.2 Å². The lowest BCUT2D eigenvalue weighted by Crippen LogP contribution is -2.47. The molecule has 5 nitrogen and oxygen atoms in total. The Balaban J connectivity index is 1.82. The predicted octanol–water partition coefficient (Wildman–Crippen LogP) is -0.529. The smallest absolute Gasteiger partial charge is 0.237 e. The molecular weight excluding hydrogens is 220 g/mol. The summed E-state index contributed by atoms with van der Waals surface area (Å²) in [6.45, 7) is 2.58. The molecular formula is C12H22N2O3. The SMILES string of the molecule is CC(C(=O)NC1CCCC1)N1CC(O)C(O)C1. The van der Waals surface area contributed by atoms with Gasteiger partial charge in [0.25, 0.3) is 0 Å². The monoisotopic (exact) mass is 242 g/mol. The molecule has 2 aliphatic rings. The normalized spacial score (nSPS) is 32.9. The minimum Gasteiger partial charge on any atom is -0.389 e. The van der Waals surface area contributed by atoms with Crippen LogP contribution in [-0.4, -0.2) is 58.4 Å². The Labute approximate surface area is 102 Å². The highest BCUT2D eigenvalue weighted by atomic mass is 16.3. The minimum absolute atomic E-state index is 0.0122. The molecule has 0 aromatic rings. The van der Waals surface area contributed by atoms with Crippen molar-refractivity contribution < 1.29 is 15.0 Å². The Kier molecular flexibility index (Phi) is 4.01. The number of amides is 1. The highest BCUT2D eigenvalue weighted by Crippen LogP contribution is 2.19. The molecule has 3 N–H and O–H groups in total. The maximum atomic E-state index is 12.0. The van der Waals surface area contributed by atoms with Gasteiger partial charge in [0.1, 0.15) is 0 Å². The van der Waals surface area contributed by atoms with Gasteiger partial charge in [0, 0.05) is 19.1 Å². The molecule has 2 fully saturated rings. The van der Waals surface area contributed by atoms with E-state index in [2.05, 4.69) is 5.32 Å². The highest BCUT2D eigenvalue weighted by molar-refractivity contribution is 5.81. The summed E-state index contributed by atoms with van der Waals surface area (Å²) in [7, 11) is 0. The first-order chi connectivity index (χ1) is 8.08. The van der Waals surface area contributed by atoms with Crippen molar-refractivity contribution in [2.45, 2.75) is 56.9 Å². The molecule has 1 saturated carbocycles. The van der Waals surface area contributed by atoms with Crippen LogP contribution < -0.4 is 5.32 Å². The second kappa shape index (κ2) is 5.33. The van der Waals surface area contributed by atoms with Crippen molar-refractivity contribution in [3.8, 4) is 0 Å². The van der Waals surface area contributed by atoms with Gasteiger partial charge in [-0.15, -0.1) is 0 Å². The number of rotatable bonds is 3. The fourth-order valence-corrected chi connectivity index (χ4v) is 2.67. The van der Waals surface area contributed by atoms with E-state index in [4.69, 9.17) is 0 Å². The lowest BCUT2D eigenvalue weighted by Gasteiger charge is -2.24. The molecule has 5 heteroatoms. The van der Waals surface area contributed by atoms with Crippen LogP contribution in [0.2, 0.25) is 0 Å². The van der Waals surface area contributed by atoms with Gasteiger partial charge in [-0.25, -0.2) is 0 Å². The van der Waals surface area contributed by atoms with Crippen LogP contribution in [0.4, 0.5) is 0 Å². The van der Waals surface area contributed by atoms with E-state index in [0.717, 1.165) is 12.8 Å². The lowest BCUT2D eigenvalue weighted by molar-refractivity contribution is -0.126. The molecule has 1 aliphatic heterocycles. The number of β-amino-alcohol motifs (C(OH)–C–C–N with tert-alkyl or cyclic N) is 2. The molecule has 1 amide bonds. The van der Waals surface area contributed by atoms with Crippen molar-refractivity contribution in [1.82, 2.24) is 10.2 Å². The third kappa shape index (κ3) is 2.97. The molecule has 0 radical (unpaired) electrons. The van der Waals surface area contributed by atoms with E-state index >= 15 is 0 Å². The Morgan fingerprint density at radius 2 is 1.76 bits per heavy atom. The van der Waals surface area contributed by atoms with Crippen molar-refractivity contribution >= 4 is 5.91 Å². The second-order valence-electron chi connectivity index (χ2n) is 5.25. The molecule has 1 heterocycles. The Morgan fingerprint density at radius 3 is 2.29 bits per heavy atom. The van der Waals surface area contributed by atoms with Gasteiger partial charge in [-0.2, -0.15) is 0 Å². The van der Waals surface area contributed by atoms with Crippen LogP contribution in [0.5, 0.6) is 0 Å².